The van der Waals surface area contributed by atoms with Crippen molar-refractivity contribution in [2.24, 2.45) is 0 Å². The molecule has 1 aromatic rings. The van der Waals surface area contributed by atoms with E-state index < -0.39 is 0 Å². The Kier molecular flexibility index (Phi) is 3.96. The van der Waals surface area contributed by atoms with Crippen LogP contribution in [0.2, 0.25) is 0 Å². The lowest BCUT2D eigenvalue weighted by atomic mass is 9.90. The van der Waals surface area contributed by atoms with E-state index in [0.29, 0.717) is 11.8 Å². The maximum atomic E-state index is 6.19. The second-order valence-corrected chi connectivity index (χ2v) is 4.18. The van der Waals surface area contributed by atoms with Crippen LogP contribution >= 0.6 is 0 Å². The molecule has 0 spiro atoms. The Bertz CT molecular complexity index is 341. The van der Waals surface area contributed by atoms with Gasteiger partial charge in [0, 0.05) is 11.6 Å². The minimum absolute atomic E-state index is 0.328. The van der Waals surface area contributed by atoms with Crippen molar-refractivity contribution in [3.05, 3.63) is 42.0 Å². The van der Waals surface area contributed by atoms with Gasteiger partial charge in [0.05, 0.1) is 0 Å². The second-order valence-electron chi connectivity index (χ2n) is 4.18. The van der Waals surface area contributed by atoms with Gasteiger partial charge in [-0.25, -0.2) is 0 Å². The molecule has 15 heavy (non-hydrogen) atoms. The van der Waals surface area contributed by atoms with Crippen LogP contribution in [-0.4, -0.2) is 0 Å². The van der Waals surface area contributed by atoms with Gasteiger partial charge in [-0.05, 0) is 23.5 Å². The molecule has 1 nitrogen and oxygen atoms in total. The normalized spacial score (nSPS) is 14.6. The summed E-state index contributed by atoms with van der Waals surface area (Å²) >= 11 is 0. The van der Waals surface area contributed by atoms with Crippen LogP contribution in [0.1, 0.15) is 50.2 Å². The van der Waals surface area contributed by atoms with Gasteiger partial charge in [0.15, 0.2) is 0 Å². The number of hydrogen-bond acceptors (Lipinski definition) is 1. The van der Waals surface area contributed by atoms with Crippen molar-refractivity contribution in [1.82, 2.24) is 0 Å². The van der Waals surface area contributed by atoms with Crippen LogP contribution in [0.4, 0.5) is 5.69 Å². The molecule has 1 aromatic carbocycles. The molecule has 0 amide bonds. The van der Waals surface area contributed by atoms with Crippen molar-refractivity contribution in [3.63, 3.8) is 0 Å². The molecule has 0 saturated heterocycles. The molecular weight excluding hydrogens is 182 g/mol. The number of hydrogen-bond donors (Lipinski definition) is 1. The van der Waals surface area contributed by atoms with E-state index >= 15 is 0 Å². The van der Waals surface area contributed by atoms with Gasteiger partial charge in [0.1, 0.15) is 0 Å². The topological polar surface area (TPSA) is 26.0 Å². The first-order valence-corrected chi connectivity index (χ1v) is 5.62. The largest absolute Gasteiger partial charge is 0.398 e. The van der Waals surface area contributed by atoms with Crippen molar-refractivity contribution in [2.45, 2.75) is 39.0 Å². The summed E-state index contributed by atoms with van der Waals surface area (Å²) in [5.74, 6) is 0.857. The number of allylic oxidation sites excluding steroid dienone is 1. The van der Waals surface area contributed by atoms with E-state index in [1.54, 1.807) is 0 Å². The van der Waals surface area contributed by atoms with Crippen LogP contribution < -0.4 is 5.73 Å². The molecule has 1 heteroatoms. The maximum Gasteiger partial charge on any atom is 0.0387 e. The minimum atomic E-state index is 0.328. The van der Waals surface area contributed by atoms with E-state index in [2.05, 4.69) is 45.5 Å². The smallest absolute Gasteiger partial charge is 0.0387 e. The van der Waals surface area contributed by atoms with Crippen molar-refractivity contribution in [1.29, 1.82) is 0 Å². The third-order valence-electron chi connectivity index (χ3n) is 3.16. The molecule has 0 radical (unpaired) electrons. The van der Waals surface area contributed by atoms with Crippen LogP contribution in [0.5, 0.6) is 0 Å². The Morgan fingerprint density at radius 2 is 1.93 bits per heavy atom. The van der Waals surface area contributed by atoms with Gasteiger partial charge in [-0.1, -0.05) is 45.0 Å². The summed E-state index contributed by atoms with van der Waals surface area (Å²) in [4.78, 5) is 0. The molecule has 0 aliphatic rings. The summed E-state index contributed by atoms with van der Waals surface area (Å²) in [5, 5.41) is 0. The first-order chi connectivity index (χ1) is 7.11. The van der Waals surface area contributed by atoms with Crippen LogP contribution in [0, 0.1) is 0 Å². The fourth-order valence-electron chi connectivity index (χ4n) is 1.78. The average molecular weight is 203 g/mol. The lowest BCUT2D eigenvalue weighted by Crippen LogP contribution is -2.04. The second kappa shape index (κ2) is 5.01. The summed E-state index contributed by atoms with van der Waals surface area (Å²) in [6, 6.07) is 6.31. The first-order valence-electron chi connectivity index (χ1n) is 5.62. The van der Waals surface area contributed by atoms with Crippen LogP contribution in [0.3, 0.4) is 0 Å². The zero-order valence-corrected chi connectivity index (χ0v) is 9.96. The lowest BCUT2D eigenvalue weighted by molar-refractivity contribution is 0.734. The van der Waals surface area contributed by atoms with Gasteiger partial charge in [-0.2, -0.15) is 0 Å². The molecular formula is C14H21N. The zero-order valence-electron chi connectivity index (χ0n) is 9.96. The summed E-state index contributed by atoms with van der Waals surface area (Å²) in [6.07, 6.45) is 3.06. The van der Waals surface area contributed by atoms with Crippen molar-refractivity contribution in [2.75, 3.05) is 5.73 Å². The zero-order chi connectivity index (χ0) is 11.4. The van der Waals surface area contributed by atoms with Crippen molar-refractivity contribution >= 4 is 5.69 Å². The van der Waals surface area contributed by atoms with Crippen molar-refractivity contribution in [3.8, 4) is 0 Å². The van der Waals surface area contributed by atoms with E-state index in [0.717, 1.165) is 12.1 Å². The molecule has 0 aliphatic carbocycles. The van der Waals surface area contributed by atoms with Gasteiger partial charge < -0.3 is 5.73 Å². The molecule has 2 N–H and O–H groups in total. The number of nitrogen functional groups attached to an aromatic ring is 1. The highest BCUT2D eigenvalue weighted by molar-refractivity contribution is 5.57. The Morgan fingerprint density at radius 3 is 2.47 bits per heavy atom. The summed E-state index contributed by atoms with van der Waals surface area (Å²) in [7, 11) is 0. The van der Waals surface area contributed by atoms with Crippen LogP contribution in [0.15, 0.2) is 30.9 Å². The highest BCUT2D eigenvalue weighted by atomic mass is 14.6. The first kappa shape index (κ1) is 11.8. The number of para-hydroxylation sites is 1. The summed E-state index contributed by atoms with van der Waals surface area (Å²) < 4.78 is 0. The predicted molar refractivity (Wildman–Crippen MR) is 68.2 cm³/mol. The Balaban J connectivity index is 3.16. The Morgan fingerprint density at radius 1 is 1.33 bits per heavy atom. The third-order valence-corrected chi connectivity index (χ3v) is 3.16. The standard InChI is InChI=1S/C14H21N/c1-5-10(3)12-8-7-9-13(14(12)15)11(4)6-2/h5,7-11H,1,6,15H2,2-4H3. The predicted octanol–water partition coefficient (Wildman–Crippen LogP) is 4.07. The number of anilines is 1. The van der Waals surface area contributed by atoms with E-state index in [9.17, 15) is 0 Å². The molecule has 1 rings (SSSR count). The van der Waals surface area contributed by atoms with E-state index in [1.807, 2.05) is 6.08 Å². The van der Waals surface area contributed by atoms with Gasteiger partial charge >= 0.3 is 0 Å². The molecule has 0 bridgehead atoms. The van der Waals surface area contributed by atoms with E-state index in [-0.39, 0.29) is 0 Å². The number of rotatable bonds is 4. The number of nitrogens with two attached hydrogens (primary N) is 1. The van der Waals surface area contributed by atoms with Gasteiger partial charge in [0.2, 0.25) is 0 Å². The van der Waals surface area contributed by atoms with E-state index in [1.165, 1.54) is 11.1 Å². The molecule has 2 atom stereocenters. The maximum absolute atomic E-state index is 6.19. The highest BCUT2D eigenvalue weighted by Crippen LogP contribution is 2.31. The quantitative estimate of drug-likeness (QED) is 0.579. The van der Waals surface area contributed by atoms with Crippen molar-refractivity contribution < 1.29 is 0 Å². The SMILES string of the molecule is C=CC(C)c1cccc(C(C)CC)c1N. The third kappa shape index (κ3) is 2.41. The average Bonchev–Trinajstić information content (AvgIpc) is 2.27. The van der Waals surface area contributed by atoms with Crippen LogP contribution in [0.25, 0.3) is 0 Å². The lowest BCUT2D eigenvalue weighted by Gasteiger charge is -2.17. The molecule has 82 valence electrons. The molecule has 0 fully saturated rings. The molecule has 2 unspecified atom stereocenters. The van der Waals surface area contributed by atoms with Crippen LogP contribution in [-0.2, 0) is 0 Å². The Labute approximate surface area is 93.0 Å². The minimum Gasteiger partial charge on any atom is -0.398 e. The van der Waals surface area contributed by atoms with Gasteiger partial charge in [-0.15, -0.1) is 6.58 Å². The van der Waals surface area contributed by atoms with Gasteiger partial charge in [-0.3, -0.25) is 0 Å². The molecule has 0 saturated carbocycles. The van der Waals surface area contributed by atoms with Gasteiger partial charge in [0.25, 0.3) is 0 Å². The van der Waals surface area contributed by atoms with E-state index in [4.69, 9.17) is 5.73 Å². The number of benzene rings is 1. The fourth-order valence-corrected chi connectivity index (χ4v) is 1.78. The Hall–Kier alpha value is -1.24. The molecule has 0 aliphatic heterocycles. The molecule has 0 aromatic heterocycles. The summed E-state index contributed by atoms with van der Waals surface area (Å²) in [6.45, 7) is 10.3. The highest BCUT2D eigenvalue weighted by Gasteiger charge is 2.12. The fraction of sp³-hybridized carbons (Fsp3) is 0.429. The summed E-state index contributed by atoms with van der Waals surface area (Å²) in [5.41, 5.74) is 9.60. The molecule has 0 heterocycles. The monoisotopic (exact) mass is 203 g/mol.